The predicted molar refractivity (Wildman–Crippen MR) is 124 cm³/mol. The maximum absolute atomic E-state index is 12.0. The van der Waals surface area contributed by atoms with Gasteiger partial charge in [0.05, 0.1) is 30.5 Å². The third-order valence-electron chi connectivity index (χ3n) is 4.66. The number of carbonyl (C=O) groups excluding carboxylic acids is 1. The van der Waals surface area contributed by atoms with E-state index in [9.17, 15) is 9.90 Å². The maximum Gasteiger partial charge on any atom is 0.350 e. The summed E-state index contributed by atoms with van der Waals surface area (Å²) < 4.78 is 5.09. The molecule has 0 saturated heterocycles. The summed E-state index contributed by atoms with van der Waals surface area (Å²) in [6.07, 6.45) is 4.91. The van der Waals surface area contributed by atoms with E-state index in [0.29, 0.717) is 29.7 Å². The normalized spacial score (nSPS) is 17.4. The second-order valence-electron chi connectivity index (χ2n) is 7.03. The molecule has 1 heterocycles. The average Bonchev–Trinajstić information content (AvgIpc) is 3.03. The first-order valence-corrected chi connectivity index (χ1v) is 10.6. The first-order valence-electron chi connectivity index (χ1n) is 9.80. The average molecular weight is 524 g/mol. The Kier molecular flexibility index (Phi) is 10.7. The summed E-state index contributed by atoms with van der Waals surface area (Å²) in [6, 6.07) is -0.115. The molecule has 7 nitrogen and oxygen atoms in total. The summed E-state index contributed by atoms with van der Waals surface area (Å²) in [7, 11) is 0. The Hall–Kier alpha value is -0.940. The van der Waals surface area contributed by atoms with E-state index in [-0.39, 0.29) is 36.0 Å². The lowest BCUT2D eigenvalue weighted by molar-refractivity contribution is 0.0131. The van der Waals surface area contributed by atoms with E-state index in [0.717, 1.165) is 37.2 Å². The van der Waals surface area contributed by atoms with E-state index in [1.165, 1.54) is 17.8 Å². The van der Waals surface area contributed by atoms with Crippen LogP contribution in [0.3, 0.4) is 0 Å². The molecule has 1 aliphatic carbocycles. The van der Waals surface area contributed by atoms with Crippen molar-refractivity contribution in [3.63, 3.8) is 0 Å². The predicted octanol–water partition coefficient (Wildman–Crippen LogP) is 3.56. The Bertz CT molecular complexity index is 660. The van der Waals surface area contributed by atoms with Gasteiger partial charge < -0.3 is 20.5 Å². The SMILES string of the molecule is CCNC(=NCC1(O)CCCCC1)NC(C)c1nc(C)c(C(=O)OCC)s1.I. The van der Waals surface area contributed by atoms with Crippen LogP contribution >= 0.6 is 35.3 Å². The molecule has 0 aromatic carbocycles. The van der Waals surface area contributed by atoms with Gasteiger partial charge in [-0.15, -0.1) is 35.3 Å². The van der Waals surface area contributed by atoms with Crippen LogP contribution in [0.25, 0.3) is 0 Å². The second-order valence-corrected chi connectivity index (χ2v) is 8.06. The Morgan fingerprint density at radius 1 is 1.36 bits per heavy atom. The summed E-state index contributed by atoms with van der Waals surface area (Å²) in [4.78, 5) is 21.7. The number of aliphatic imine (C=N–C) groups is 1. The molecule has 1 atom stereocenters. The van der Waals surface area contributed by atoms with E-state index in [1.807, 2.05) is 20.8 Å². The van der Waals surface area contributed by atoms with Gasteiger partial charge in [-0.3, -0.25) is 4.99 Å². The monoisotopic (exact) mass is 524 g/mol. The fourth-order valence-electron chi connectivity index (χ4n) is 3.17. The number of thiazole rings is 1. The van der Waals surface area contributed by atoms with Crippen molar-refractivity contribution < 1.29 is 14.6 Å². The third kappa shape index (κ3) is 7.14. The number of aliphatic hydroxyl groups is 1. The van der Waals surface area contributed by atoms with Crippen LogP contribution in [-0.2, 0) is 4.74 Å². The third-order valence-corrected chi connectivity index (χ3v) is 5.98. The van der Waals surface area contributed by atoms with Gasteiger partial charge in [0.25, 0.3) is 0 Å². The van der Waals surface area contributed by atoms with Gasteiger partial charge in [-0.1, -0.05) is 19.3 Å². The number of ether oxygens (including phenoxy) is 1. The molecule has 1 fully saturated rings. The topological polar surface area (TPSA) is 95.8 Å². The van der Waals surface area contributed by atoms with Gasteiger partial charge in [-0.25, -0.2) is 9.78 Å². The van der Waals surface area contributed by atoms with Crippen LogP contribution < -0.4 is 10.6 Å². The molecule has 3 N–H and O–H groups in total. The van der Waals surface area contributed by atoms with E-state index in [1.54, 1.807) is 6.92 Å². The molecule has 2 rings (SSSR count). The molecule has 28 heavy (non-hydrogen) atoms. The molecule has 0 spiro atoms. The van der Waals surface area contributed by atoms with Crippen LogP contribution in [0, 0.1) is 6.92 Å². The quantitative estimate of drug-likeness (QED) is 0.219. The van der Waals surface area contributed by atoms with E-state index < -0.39 is 5.60 Å². The van der Waals surface area contributed by atoms with Crippen molar-refractivity contribution in [2.24, 2.45) is 4.99 Å². The van der Waals surface area contributed by atoms with E-state index >= 15 is 0 Å². The molecular formula is C19H33IN4O3S. The van der Waals surface area contributed by atoms with Crippen LogP contribution in [0.15, 0.2) is 4.99 Å². The number of rotatable bonds is 7. The van der Waals surface area contributed by atoms with E-state index in [4.69, 9.17) is 4.74 Å². The van der Waals surface area contributed by atoms with Crippen molar-refractivity contribution in [3.05, 3.63) is 15.6 Å². The Morgan fingerprint density at radius 3 is 2.64 bits per heavy atom. The molecular weight excluding hydrogens is 491 g/mol. The first kappa shape index (κ1) is 25.1. The van der Waals surface area contributed by atoms with Gasteiger partial charge >= 0.3 is 5.97 Å². The molecule has 0 aliphatic heterocycles. The van der Waals surface area contributed by atoms with Gasteiger partial charge in [0.2, 0.25) is 0 Å². The van der Waals surface area contributed by atoms with Gasteiger partial charge in [0, 0.05) is 6.54 Å². The molecule has 1 saturated carbocycles. The number of aromatic nitrogens is 1. The van der Waals surface area contributed by atoms with Crippen molar-refractivity contribution >= 4 is 47.2 Å². The first-order chi connectivity index (χ1) is 12.9. The minimum Gasteiger partial charge on any atom is -0.462 e. The second kappa shape index (κ2) is 11.9. The summed E-state index contributed by atoms with van der Waals surface area (Å²) in [6.45, 7) is 9.05. The molecule has 160 valence electrons. The maximum atomic E-state index is 12.0. The van der Waals surface area contributed by atoms with Gasteiger partial charge in [0.15, 0.2) is 5.96 Å². The molecule has 1 aromatic heterocycles. The number of nitrogens with one attached hydrogen (secondary N) is 2. The number of hydrogen-bond acceptors (Lipinski definition) is 6. The fraction of sp³-hybridized carbons (Fsp3) is 0.737. The lowest BCUT2D eigenvalue weighted by atomic mass is 9.85. The van der Waals surface area contributed by atoms with Crippen molar-refractivity contribution in [1.29, 1.82) is 0 Å². The number of carbonyl (C=O) groups is 1. The van der Waals surface area contributed by atoms with Gasteiger partial charge in [-0.2, -0.15) is 0 Å². The highest BCUT2D eigenvalue weighted by Gasteiger charge is 2.29. The van der Waals surface area contributed by atoms with Crippen LogP contribution in [0.5, 0.6) is 0 Å². The molecule has 0 radical (unpaired) electrons. The summed E-state index contributed by atoms with van der Waals surface area (Å²) >= 11 is 1.34. The lowest BCUT2D eigenvalue weighted by Gasteiger charge is -2.30. The van der Waals surface area contributed by atoms with Crippen molar-refractivity contribution in [2.75, 3.05) is 19.7 Å². The summed E-state index contributed by atoms with van der Waals surface area (Å²) in [5.74, 6) is 0.320. The van der Waals surface area contributed by atoms with Gasteiger partial charge in [-0.05, 0) is 40.5 Å². The highest BCUT2D eigenvalue weighted by atomic mass is 127. The molecule has 1 unspecified atom stereocenters. The number of halogens is 1. The summed E-state index contributed by atoms with van der Waals surface area (Å²) in [5, 5.41) is 18.0. The molecule has 1 aromatic rings. The van der Waals surface area contributed by atoms with Crippen LogP contribution in [-0.4, -0.2) is 47.3 Å². The van der Waals surface area contributed by atoms with Crippen LogP contribution in [0.1, 0.15) is 79.3 Å². The Balaban J connectivity index is 0.00000392. The van der Waals surface area contributed by atoms with Crippen molar-refractivity contribution in [1.82, 2.24) is 15.6 Å². The number of nitrogens with zero attached hydrogens (tertiary/aromatic N) is 2. The zero-order valence-corrected chi connectivity index (χ0v) is 20.4. The molecule has 9 heteroatoms. The Labute approximate surface area is 188 Å². The van der Waals surface area contributed by atoms with Gasteiger partial charge in [0.1, 0.15) is 9.88 Å². The highest BCUT2D eigenvalue weighted by Crippen LogP contribution is 2.28. The standard InChI is InChI=1S/C19H32N4O3S.HI/c1-5-20-18(21-12-19(25)10-8-7-9-11-19)23-14(4)16-22-13(3)15(27-16)17(24)26-6-2;/h14,25H,5-12H2,1-4H3,(H2,20,21,23);1H. The fourth-order valence-corrected chi connectivity index (χ4v) is 4.13. The zero-order chi connectivity index (χ0) is 19.9. The minimum absolute atomic E-state index is 0. The number of hydrogen-bond donors (Lipinski definition) is 3. The minimum atomic E-state index is -0.696. The number of esters is 1. The summed E-state index contributed by atoms with van der Waals surface area (Å²) in [5.41, 5.74) is -0.0147. The van der Waals surface area contributed by atoms with Crippen LogP contribution in [0.4, 0.5) is 0 Å². The number of aryl methyl sites for hydroxylation is 1. The molecule has 1 aliphatic rings. The van der Waals surface area contributed by atoms with Crippen LogP contribution in [0.2, 0.25) is 0 Å². The Morgan fingerprint density at radius 2 is 2.04 bits per heavy atom. The van der Waals surface area contributed by atoms with Crippen molar-refractivity contribution in [3.8, 4) is 0 Å². The molecule has 0 bridgehead atoms. The molecule has 0 amide bonds. The largest absolute Gasteiger partial charge is 0.462 e. The number of guanidine groups is 1. The van der Waals surface area contributed by atoms with E-state index in [2.05, 4.69) is 20.6 Å². The smallest absolute Gasteiger partial charge is 0.350 e. The lowest BCUT2D eigenvalue weighted by Crippen LogP contribution is -2.41. The zero-order valence-electron chi connectivity index (χ0n) is 17.2. The van der Waals surface area contributed by atoms with Crippen molar-refractivity contribution in [2.45, 2.75) is 71.4 Å². The highest BCUT2D eigenvalue weighted by molar-refractivity contribution is 14.0.